The Balaban J connectivity index is 1.36. The Hall–Kier alpha value is -2.60. The molecule has 0 amide bonds. The van der Waals surface area contributed by atoms with Crippen LogP contribution in [0.2, 0.25) is 0 Å². The summed E-state index contributed by atoms with van der Waals surface area (Å²) in [6, 6.07) is 11.0. The maximum Gasteiger partial charge on any atom is 0.309 e. The normalized spacial score (nSPS) is 19.7. The van der Waals surface area contributed by atoms with Crippen molar-refractivity contribution >= 4 is 5.97 Å². The van der Waals surface area contributed by atoms with Crippen LogP contribution >= 0.6 is 0 Å². The number of aliphatic carboxylic acids is 1. The number of nitrogens with zero attached hydrogens (tertiary/aromatic N) is 1. The third-order valence-electron chi connectivity index (χ3n) is 5.33. The van der Waals surface area contributed by atoms with E-state index in [1.165, 1.54) is 6.07 Å². The highest BCUT2D eigenvalue weighted by molar-refractivity contribution is 5.71. The van der Waals surface area contributed by atoms with E-state index in [1.807, 2.05) is 18.2 Å². The van der Waals surface area contributed by atoms with Crippen molar-refractivity contribution in [3.05, 3.63) is 58.9 Å². The summed E-state index contributed by atoms with van der Waals surface area (Å²) in [4.78, 5) is 13.1. The number of halogens is 1. The zero-order chi connectivity index (χ0) is 19.0. The third kappa shape index (κ3) is 3.76. The molecule has 0 bridgehead atoms. The van der Waals surface area contributed by atoms with E-state index in [4.69, 9.17) is 14.6 Å². The molecule has 1 unspecified atom stereocenters. The van der Waals surface area contributed by atoms with E-state index in [2.05, 4.69) is 4.90 Å². The Kier molecular flexibility index (Phi) is 4.74. The fourth-order valence-electron chi connectivity index (χ4n) is 3.59. The van der Waals surface area contributed by atoms with Crippen molar-refractivity contribution in [1.82, 2.24) is 4.90 Å². The summed E-state index contributed by atoms with van der Waals surface area (Å²) in [7, 11) is 0. The summed E-state index contributed by atoms with van der Waals surface area (Å²) in [6.07, 6.45) is 0.846. The molecular weight excluding hydrogens is 349 g/mol. The van der Waals surface area contributed by atoms with Gasteiger partial charge in [0.25, 0.3) is 0 Å². The smallest absolute Gasteiger partial charge is 0.309 e. The molecule has 6 heteroatoms. The number of fused-ring (bicyclic) bond motifs is 1. The molecule has 1 N–H and O–H groups in total. The Morgan fingerprint density at radius 1 is 1.30 bits per heavy atom. The first-order chi connectivity index (χ1) is 13.0. The molecule has 4 rings (SSSR count). The van der Waals surface area contributed by atoms with Gasteiger partial charge in [-0.15, -0.1) is 0 Å². The molecule has 27 heavy (non-hydrogen) atoms. The van der Waals surface area contributed by atoms with Crippen LogP contribution in [-0.4, -0.2) is 41.7 Å². The highest BCUT2D eigenvalue weighted by Crippen LogP contribution is 2.32. The summed E-state index contributed by atoms with van der Waals surface area (Å²) in [6.45, 7) is 3.85. The largest absolute Gasteiger partial charge is 0.492 e. The SMILES string of the molecule is Cc1cc(COc2ccc3c(c2)OCC(N2CC(C(=O)O)C2)C3)ccc1F. The molecule has 2 aliphatic rings. The maximum absolute atomic E-state index is 13.3. The molecule has 1 atom stereocenters. The van der Waals surface area contributed by atoms with Crippen LogP contribution in [-0.2, 0) is 17.8 Å². The molecule has 0 aromatic heterocycles. The van der Waals surface area contributed by atoms with Crippen LogP contribution in [0.5, 0.6) is 11.5 Å². The third-order valence-corrected chi connectivity index (χ3v) is 5.33. The maximum atomic E-state index is 13.3. The number of rotatable bonds is 5. The predicted molar refractivity (Wildman–Crippen MR) is 97.6 cm³/mol. The number of carboxylic acid groups (broad SMARTS) is 1. The molecule has 0 aliphatic carbocycles. The summed E-state index contributed by atoms with van der Waals surface area (Å²) >= 11 is 0. The first-order valence-corrected chi connectivity index (χ1v) is 9.10. The van der Waals surface area contributed by atoms with Crippen molar-refractivity contribution < 1.29 is 23.8 Å². The average molecular weight is 371 g/mol. The van der Waals surface area contributed by atoms with Crippen molar-refractivity contribution in [2.75, 3.05) is 19.7 Å². The Bertz CT molecular complexity index is 863. The number of aryl methyl sites for hydroxylation is 1. The fraction of sp³-hybridized carbons (Fsp3) is 0.381. The van der Waals surface area contributed by atoms with Crippen LogP contribution in [0.3, 0.4) is 0 Å². The van der Waals surface area contributed by atoms with E-state index in [9.17, 15) is 9.18 Å². The van der Waals surface area contributed by atoms with Crippen molar-refractivity contribution in [1.29, 1.82) is 0 Å². The van der Waals surface area contributed by atoms with Crippen molar-refractivity contribution in [2.24, 2.45) is 5.92 Å². The molecule has 0 saturated carbocycles. The molecule has 2 aromatic carbocycles. The quantitative estimate of drug-likeness (QED) is 0.876. The van der Waals surface area contributed by atoms with Gasteiger partial charge in [0.05, 0.1) is 5.92 Å². The Morgan fingerprint density at radius 2 is 2.11 bits per heavy atom. The van der Waals surface area contributed by atoms with E-state index in [0.717, 1.165) is 23.3 Å². The van der Waals surface area contributed by atoms with Crippen molar-refractivity contribution in [3.63, 3.8) is 0 Å². The topological polar surface area (TPSA) is 59.0 Å². The van der Waals surface area contributed by atoms with Gasteiger partial charge in [0.1, 0.15) is 30.5 Å². The van der Waals surface area contributed by atoms with Gasteiger partial charge in [-0.3, -0.25) is 9.69 Å². The van der Waals surface area contributed by atoms with Crippen LogP contribution in [0, 0.1) is 18.7 Å². The molecule has 2 aliphatic heterocycles. The molecule has 1 fully saturated rings. The summed E-state index contributed by atoms with van der Waals surface area (Å²) < 4.78 is 25.1. The van der Waals surface area contributed by atoms with Gasteiger partial charge in [0.15, 0.2) is 0 Å². The number of hydrogen-bond acceptors (Lipinski definition) is 4. The molecule has 0 radical (unpaired) electrons. The van der Waals surface area contributed by atoms with E-state index >= 15 is 0 Å². The predicted octanol–water partition coefficient (Wildman–Crippen LogP) is 3.03. The van der Waals surface area contributed by atoms with Crippen molar-refractivity contribution in [2.45, 2.75) is 26.0 Å². The minimum absolute atomic E-state index is 0.215. The molecule has 142 valence electrons. The molecule has 2 aromatic rings. The minimum atomic E-state index is -0.721. The number of hydrogen-bond donors (Lipinski definition) is 1. The number of ether oxygens (including phenoxy) is 2. The second-order valence-electron chi connectivity index (χ2n) is 7.30. The van der Waals surface area contributed by atoms with Gasteiger partial charge in [0, 0.05) is 25.2 Å². The lowest BCUT2D eigenvalue weighted by molar-refractivity contribution is -0.149. The van der Waals surface area contributed by atoms with Gasteiger partial charge in [-0.25, -0.2) is 4.39 Å². The van der Waals surface area contributed by atoms with Gasteiger partial charge >= 0.3 is 5.97 Å². The average Bonchev–Trinajstić information content (AvgIpc) is 2.61. The summed E-state index contributed by atoms with van der Waals surface area (Å²) in [5, 5.41) is 9.01. The van der Waals surface area contributed by atoms with Crippen LogP contribution in [0.15, 0.2) is 36.4 Å². The number of carboxylic acids is 1. The summed E-state index contributed by atoms with van der Waals surface area (Å²) in [5.41, 5.74) is 2.63. The van der Waals surface area contributed by atoms with Crippen LogP contribution in [0.4, 0.5) is 4.39 Å². The molecule has 5 nitrogen and oxygen atoms in total. The minimum Gasteiger partial charge on any atom is -0.492 e. The Morgan fingerprint density at radius 3 is 2.85 bits per heavy atom. The second-order valence-corrected chi connectivity index (χ2v) is 7.30. The first-order valence-electron chi connectivity index (χ1n) is 9.10. The van der Waals surface area contributed by atoms with Crippen LogP contribution in [0.1, 0.15) is 16.7 Å². The highest BCUT2D eigenvalue weighted by atomic mass is 19.1. The van der Waals surface area contributed by atoms with E-state index in [1.54, 1.807) is 19.1 Å². The monoisotopic (exact) mass is 371 g/mol. The number of carbonyl (C=O) groups is 1. The second kappa shape index (κ2) is 7.19. The van der Waals surface area contributed by atoms with Crippen LogP contribution < -0.4 is 9.47 Å². The molecular formula is C21H22FNO4. The van der Waals surface area contributed by atoms with Gasteiger partial charge in [-0.1, -0.05) is 12.1 Å². The van der Waals surface area contributed by atoms with E-state index < -0.39 is 5.97 Å². The number of benzene rings is 2. The highest BCUT2D eigenvalue weighted by Gasteiger charge is 2.38. The first kappa shape index (κ1) is 17.8. The van der Waals surface area contributed by atoms with Crippen LogP contribution in [0.25, 0.3) is 0 Å². The lowest BCUT2D eigenvalue weighted by atomic mass is 9.93. The lowest BCUT2D eigenvalue weighted by Crippen LogP contribution is -2.57. The fourth-order valence-corrected chi connectivity index (χ4v) is 3.59. The van der Waals surface area contributed by atoms with Gasteiger partial charge in [0.2, 0.25) is 0 Å². The van der Waals surface area contributed by atoms with Crippen molar-refractivity contribution in [3.8, 4) is 11.5 Å². The summed E-state index contributed by atoms with van der Waals surface area (Å²) in [5.74, 6) is 0.338. The number of likely N-dealkylation sites (tertiary alicyclic amines) is 1. The zero-order valence-corrected chi connectivity index (χ0v) is 15.2. The standard InChI is InChI=1S/C21H22FNO4/c1-13-6-14(2-5-19(13)22)11-26-18-4-3-15-7-17(12-27-20(15)8-18)23-9-16(10-23)21(24)25/h2-6,8,16-17H,7,9-12H2,1H3,(H,24,25). The lowest BCUT2D eigenvalue weighted by Gasteiger charge is -2.43. The molecule has 1 saturated heterocycles. The zero-order valence-electron chi connectivity index (χ0n) is 15.2. The van der Waals surface area contributed by atoms with E-state index in [0.29, 0.717) is 37.6 Å². The van der Waals surface area contributed by atoms with Gasteiger partial charge < -0.3 is 14.6 Å². The molecule has 2 heterocycles. The molecule has 0 spiro atoms. The Labute approximate surface area is 157 Å². The van der Waals surface area contributed by atoms with Gasteiger partial charge in [-0.2, -0.15) is 0 Å². The van der Waals surface area contributed by atoms with Gasteiger partial charge in [-0.05, 0) is 48.2 Å². The van der Waals surface area contributed by atoms with E-state index in [-0.39, 0.29) is 17.8 Å².